The van der Waals surface area contributed by atoms with E-state index in [9.17, 15) is 0 Å². The van der Waals surface area contributed by atoms with Crippen LogP contribution in [0.5, 0.6) is 5.75 Å². The summed E-state index contributed by atoms with van der Waals surface area (Å²) in [7, 11) is 0. The highest BCUT2D eigenvalue weighted by Crippen LogP contribution is 2.32. The number of fused-ring (bicyclic) bond motifs is 1. The van der Waals surface area contributed by atoms with Gasteiger partial charge in [0, 0.05) is 0 Å². The van der Waals surface area contributed by atoms with E-state index in [4.69, 9.17) is 9.26 Å². The van der Waals surface area contributed by atoms with E-state index in [1.165, 1.54) is 4.70 Å². The molecule has 0 saturated carbocycles. The molecule has 25 heavy (non-hydrogen) atoms. The Balaban J connectivity index is 1.50. The normalized spacial score (nSPS) is 11.1. The number of hydrogen-bond acceptors (Lipinski definition) is 7. The molecule has 0 amide bonds. The number of thiazole rings is 1. The van der Waals surface area contributed by atoms with Crippen molar-refractivity contribution in [2.24, 2.45) is 0 Å². The molecule has 2 aromatic carbocycles. The van der Waals surface area contributed by atoms with Crippen LogP contribution < -0.4 is 4.74 Å². The lowest BCUT2D eigenvalue weighted by Gasteiger charge is -2.05. The highest BCUT2D eigenvalue weighted by molar-refractivity contribution is 8.00. The summed E-state index contributed by atoms with van der Waals surface area (Å²) in [6, 6.07) is 15.8. The molecule has 5 nitrogen and oxygen atoms in total. The van der Waals surface area contributed by atoms with E-state index in [0.717, 1.165) is 21.2 Å². The standard InChI is InChI=1S/C18H15N3O2S2/c1-2-22-14-9-5-3-7-12(14)17-20-16(23-21-17)11-24-18-19-13-8-4-6-10-15(13)25-18/h3-10H,2,11H2,1H3. The molecule has 4 aromatic rings. The number of thioether (sulfide) groups is 1. The van der Waals surface area contributed by atoms with Crippen LogP contribution in [-0.4, -0.2) is 21.7 Å². The molecule has 0 aliphatic carbocycles. The first-order chi connectivity index (χ1) is 12.3. The minimum absolute atomic E-state index is 0.545. The number of ether oxygens (including phenoxy) is 1. The van der Waals surface area contributed by atoms with Crippen LogP contribution in [-0.2, 0) is 5.75 Å². The fourth-order valence-electron chi connectivity index (χ4n) is 2.39. The zero-order valence-corrected chi connectivity index (χ0v) is 15.1. The van der Waals surface area contributed by atoms with Crippen molar-refractivity contribution in [2.45, 2.75) is 17.0 Å². The molecule has 7 heteroatoms. The first kappa shape index (κ1) is 16.1. The topological polar surface area (TPSA) is 61.0 Å². The maximum Gasteiger partial charge on any atom is 0.237 e. The zero-order chi connectivity index (χ0) is 17.1. The second-order valence-electron chi connectivity index (χ2n) is 5.18. The second kappa shape index (κ2) is 7.25. The van der Waals surface area contributed by atoms with Crippen LogP contribution in [0.4, 0.5) is 0 Å². The fraction of sp³-hybridized carbons (Fsp3) is 0.167. The molecule has 0 N–H and O–H groups in total. The Bertz CT molecular complexity index is 964. The molecule has 0 atom stereocenters. The zero-order valence-electron chi connectivity index (χ0n) is 13.5. The first-order valence-corrected chi connectivity index (χ1v) is 9.67. The summed E-state index contributed by atoms with van der Waals surface area (Å²) in [5.74, 6) is 2.47. The number of benzene rings is 2. The monoisotopic (exact) mass is 369 g/mol. The minimum atomic E-state index is 0.545. The molecule has 0 aliphatic heterocycles. The van der Waals surface area contributed by atoms with Gasteiger partial charge in [0.2, 0.25) is 11.7 Å². The smallest absolute Gasteiger partial charge is 0.237 e. The van der Waals surface area contributed by atoms with E-state index in [1.54, 1.807) is 23.1 Å². The highest BCUT2D eigenvalue weighted by atomic mass is 32.2. The Kier molecular flexibility index (Phi) is 4.67. The maximum atomic E-state index is 5.63. The SMILES string of the molecule is CCOc1ccccc1-c1noc(CSc2nc3ccccc3s2)n1. The Hall–Kier alpha value is -2.38. The lowest BCUT2D eigenvalue weighted by atomic mass is 10.2. The van der Waals surface area contributed by atoms with E-state index < -0.39 is 0 Å². The third kappa shape index (κ3) is 3.52. The van der Waals surface area contributed by atoms with Crippen molar-refractivity contribution in [2.75, 3.05) is 6.61 Å². The van der Waals surface area contributed by atoms with Crippen LogP contribution in [0.15, 0.2) is 57.4 Å². The van der Waals surface area contributed by atoms with Gasteiger partial charge in [-0.3, -0.25) is 0 Å². The fourth-order valence-corrected chi connectivity index (χ4v) is 4.30. The molecule has 0 fully saturated rings. The summed E-state index contributed by atoms with van der Waals surface area (Å²) < 4.78 is 13.2. The molecule has 0 bridgehead atoms. The predicted octanol–water partition coefficient (Wildman–Crippen LogP) is 5.04. The van der Waals surface area contributed by atoms with Crippen LogP contribution in [0.2, 0.25) is 0 Å². The van der Waals surface area contributed by atoms with Crippen molar-refractivity contribution in [3.8, 4) is 17.1 Å². The van der Waals surface area contributed by atoms with Crippen molar-refractivity contribution in [3.63, 3.8) is 0 Å². The van der Waals surface area contributed by atoms with Gasteiger partial charge < -0.3 is 9.26 Å². The molecule has 126 valence electrons. The molecule has 2 heterocycles. The van der Waals surface area contributed by atoms with Gasteiger partial charge in [0.25, 0.3) is 0 Å². The lowest BCUT2D eigenvalue weighted by Crippen LogP contribution is -1.94. The van der Waals surface area contributed by atoms with Gasteiger partial charge in [-0.2, -0.15) is 4.98 Å². The van der Waals surface area contributed by atoms with Crippen molar-refractivity contribution < 1.29 is 9.26 Å². The average Bonchev–Trinajstić information content (AvgIpc) is 3.27. The van der Waals surface area contributed by atoms with E-state index in [2.05, 4.69) is 21.2 Å². The molecular weight excluding hydrogens is 354 g/mol. The Morgan fingerprint density at radius 1 is 1.08 bits per heavy atom. The van der Waals surface area contributed by atoms with Crippen LogP contribution in [0, 0.1) is 0 Å². The summed E-state index contributed by atoms with van der Waals surface area (Å²) in [5.41, 5.74) is 1.86. The highest BCUT2D eigenvalue weighted by Gasteiger charge is 2.14. The van der Waals surface area contributed by atoms with Gasteiger partial charge in [-0.05, 0) is 31.2 Å². The molecule has 0 radical (unpaired) electrons. The number of nitrogens with zero attached hydrogens (tertiary/aromatic N) is 3. The molecule has 0 unspecified atom stereocenters. The number of para-hydroxylation sites is 2. The van der Waals surface area contributed by atoms with Gasteiger partial charge >= 0.3 is 0 Å². The summed E-state index contributed by atoms with van der Waals surface area (Å²) in [6.07, 6.45) is 0. The Morgan fingerprint density at radius 2 is 1.92 bits per heavy atom. The van der Waals surface area contributed by atoms with Crippen molar-refractivity contribution >= 4 is 33.3 Å². The summed E-state index contributed by atoms with van der Waals surface area (Å²) in [4.78, 5) is 9.09. The van der Waals surface area contributed by atoms with Gasteiger partial charge in [0.15, 0.2) is 4.34 Å². The summed E-state index contributed by atoms with van der Waals surface area (Å²) in [5, 5.41) is 4.09. The van der Waals surface area contributed by atoms with Gasteiger partial charge in [0.05, 0.1) is 28.1 Å². The molecule has 0 aliphatic rings. The van der Waals surface area contributed by atoms with E-state index in [-0.39, 0.29) is 0 Å². The summed E-state index contributed by atoms with van der Waals surface area (Å²) >= 11 is 3.27. The summed E-state index contributed by atoms with van der Waals surface area (Å²) in [6.45, 7) is 2.54. The van der Waals surface area contributed by atoms with Crippen molar-refractivity contribution in [3.05, 3.63) is 54.4 Å². The van der Waals surface area contributed by atoms with Gasteiger partial charge in [-0.25, -0.2) is 4.98 Å². The van der Waals surface area contributed by atoms with Gasteiger partial charge in [-0.15, -0.1) is 11.3 Å². The number of aromatic nitrogens is 3. The van der Waals surface area contributed by atoms with Crippen LogP contribution in [0.3, 0.4) is 0 Å². The van der Waals surface area contributed by atoms with Crippen molar-refractivity contribution in [1.82, 2.24) is 15.1 Å². The molecule has 0 saturated heterocycles. The molecule has 2 aromatic heterocycles. The maximum absolute atomic E-state index is 5.63. The minimum Gasteiger partial charge on any atom is -0.493 e. The third-order valence-corrected chi connectivity index (χ3v) is 5.65. The largest absolute Gasteiger partial charge is 0.493 e. The predicted molar refractivity (Wildman–Crippen MR) is 100 cm³/mol. The number of rotatable bonds is 6. The lowest BCUT2D eigenvalue weighted by molar-refractivity contribution is 0.341. The Morgan fingerprint density at radius 3 is 2.80 bits per heavy atom. The average molecular weight is 369 g/mol. The van der Waals surface area contributed by atoms with E-state index in [0.29, 0.717) is 24.1 Å². The third-order valence-electron chi connectivity index (χ3n) is 3.49. The molecule has 4 rings (SSSR count). The second-order valence-corrected chi connectivity index (χ2v) is 7.43. The van der Waals surface area contributed by atoms with Crippen LogP contribution >= 0.6 is 23.1 Å². The van der Waals surface area contributed by atoms with Crippen molar-refractivity contribution in [1.29, 1.82) is 0 Å². The van der Waals surface area contributed by atoms with Crippen LogP contribution in [0.1, 0.15) is 12.8 Å². The quantitative estimate of drug-likeness (QED) is 0.444. The van der Waals surface area contributed by atoms with Gasteiger partial charge in [-0.1, -0.05) is 41.2 Å². The first-order valence-electron chi connectivity index (χ1n) is 7.86. The van der Waals surface area contributed by atoms with E-state index >= 15 is 0 Å². The Labute approximate surface area is 153 Å². The van der Waals surface area contributed by atoms with Crippen LogP contribution in [0.25, 0.3) is 21.6 Å². The van der Waals surface area contributed by atoms with E-state index in [1.807, 2.05) is 49.4 Å². The molecular formula is C18H15N3O2S2. The number of hydrogen-bond donors (Lipinski definition) is 0. The van der Waals surface area contributed by atoms with Gasteiger partial charge in [0.1, 0.15) is 5.75 Å². The molecule has 0 spiro atoms.